The van der Waals surface area contributed by atoms with Gasteiger partial charge >= 0.3 is 5.97 Å². The Morgan fingerprint density at radius 3 is 3.00 bits per heavy atom. The molecule has 2 bridgehead atoms. The van der Waals surface area contributed by atoms with Crippen LogP contribution in [0, 0.1) is 5.41 Å². The molecule has 2 saturated heterocycles. The molecular weight excluding hydrogens is 376 g/mol. The molecule has 2 aliphatic rings. The number of ether oxygens (including phenoxy) is 1. The van der Waals surface area contributed by atoms with E-state index in [-0.39, 0.29) is 24.0 Å². The number of esters is 1. The number of rotatable bonds is 4. The van der Waals surface area contributed by atoms with E-state index in [1.807, 2.05) is 34.5 Å². The van der Waals surface area contributed by atoms with Crippen molar-refractivity contribution in [1.82, 2.24) is 20.1 Å². The van der Waals surface area contributed by atoms with Gasteiger partial charge in [-0.05, 0) is 25.3 Å². The van der Waals surface area contributed by atoms with Crippen molar-refractivity contribution in [1.29, 1.82) is 0 Å². The largest absolute Gasteiger partial charge is 0.469 e. The number of benzene rings is 1. The molecular formula is C20H20N4O3S. The summed E-state index contributed by atoms with van der Waals surface area (Å²) in [5, 5.41) is 9.99. The Morgan fingerprint density at radius 2 is 2.21 bits per heavy atom. The maximum Gasteiger partial charge on any atom is 0.314 e. The zero-order chi connectivity index (χ0) is 19.3. The van der Waals surface area contributed by atoms with Crippen LogP contribution in [0.1, 0.15) is 35.4 Å². The first-order chi connectivity index (χ1) is 13.6. The van der Waals surface area contributed by atoms with Gasteiger partial charge in [-0.2, -0.15) is 5.10 Å². The zero-order valence-corrected chi connectivity index (χ0v) is 16.2. The van der Waals surface area contributed by atoms with Gasteiger partial charge in [-0.3, -0.25) is 14.7 Å². The monoisotopic (exact) mass is 396 g/mol. The molecule has 144 valence electrons. The number of methoxy groups -OCH3 is 1. The van der Waals surface area contributed by atoms with Crippen LogP contribution in [-0.4, -0.2) is 51.2 Å². The Hall–Kier alpha value is -2.74. The number of aromatic amines is 1. The number of aromatic nitrogens is 3. The van der Waals surface area contributed by atoms with Crippen molar-refractivity contribution < 1.29 is 14.3 Å². The Kier molecular flexibility index (Phi) is 3.97. The molecule has 0 saturated carbocycles. The second kappa shape index (κ2) is 6.41. The molecule has 3 atom stereocenters. The molecule has 2 fully saturated rings. The van der Waals surface area contributed by atoms with E-state index in [0.29, 0.717) is 18.5 Å². The Bertz CT molecular complexity index is 1050. The van der Waals surface area contributed by atoms with Crippen LogP contribution < -0.4 is 0 Å². The van der Waals surface area contributed by atoms with Gasteiger partial charge in [0.1, 0.15) is 0 Å². The van der Waals surface area contributed by atoms with Crippen molar-refractivity contribution in [2.24, 2.45) is 5.41 Å². The van der Waals surface area contributed by atoms with E-state index in [9.17, 15) is 9.59 Å². The number of hydrogen-bond acceptors (Lipinski definition) is 6. The summed E-state index contributed by atoms with van der Waals surface area (Å²) < 4.78 is 5.20. The summed E-state index contributed by atoms with van der Waals surface area (Å²) in [6, 6.07) is 7.42. The minimum atomic E-state index is -0.743. The van der Waals surface area contributed by atoms with Crippen LogP contribution in [0.2, 0.25) is 0 Å². The van der Waals surface area contributed by atoms with Crippen LogP contribution in [-0.2, 0) is 16.0 Å². The van der Waals surface area contributed by atoms with E-state index in [4.69, 9.17) is 4.74 Å². The van der Waals surface area contributed by atoms with Gasteiger partial charge < -0.3 is 9.64 Å². The molecule has 3 aromatic rings. The third-order valence-corrected chi connectivity index (χ3v) is 6.85. The van der Waals surface area contributed by atoms with Crippen LogP contribution in [0.25, 0.3) is 10.9 Å². The molecule has 1 amide bonds. The molecule has 1 aromatic carbocycles. The van der Waals surface area contributed by atoms with Crippen LogP contribution in [0.3, 0.4) is 0 Å². The summed E-state index contributed by atoms with van der Waals surface area (Å²) in [7, 11) is 1.42. The molecule has 0 aliphatic carbocycles. The number of carbonyl (C=O) groups is 2. The summed E-state index contributed by atoms with van der Waals surface area (Å²) in [5.74, 6) is -0.369. The van der Waals surface area contributed by atoms with Crippen molar-refractivity contribution in [2.75, 3.05) is 7.11 Å². The molecule has 4 heterocycles. The fourth-order valence-corrected chi connectivity index (χ4v) is 5.63. The summed E-state index contributed by atoms with van der Waals surface area (Å²) in [6.07, 6.45) is 2.79. The second-order valence-corrected chi connectivity index (χ2v) is 8.30. The maximum atomic E-state index is 13.5. The van der Waals surface area contributed by atoms with Crippen molar-refractivity contribution in [3.63, 3.8) is 0 Å². The van der Waals surface area contributed by atoms with Gasteiger partial charge in [0.2, 0.25) is 0 Å². The van der Waals surface area contributed by atoms with Crippen molar-refractivity contribution >= 4 is 34.1 Å². The molecule has 5 rings (SSSR count). The number of thiazole rings is 1. The highest BCUT2D eigenvalue weighted by Gasteiger charge is 2.62. The van der Waals surface area contributed by atoms with Gasteiger partial charge in [-0.25, -0.2) is 4.98 Å². The van der Waals surface area contributed by atoms with E-state index in [1.54, 1.807) is 5.51 Å². The smallest absolute Gasteiger partial charge is 0.314 e. The summed E-state index contributed by atoms with van der Waals surface area (Å²) in [6.45, 7) is 0. The number of amides is 1. The number of H-pyrrole nitrogens is 1. The van der Waals surface area contributed by atoms with Gasteiger partial charge in [-0.15, -0.1) is 11.3 Å². The molecule has 7 nitrogen and oxygen atoms in total. The number of nitrogens with one attached hydrogen (secondary N) is 1. The lowest BCUT2D eigenvalue weighted by Crippen LogP contribution is -2.47. The first-order valence-electron chi connectivity index (χ1n) is 9.35. The fraction of sp³-hybridized carbons (Fsp3) is 0.400. The molecule has 28 heavy (non-hydrogen) atoms. The van der Waals surface area contributed by atoms with E-state index in [2.05, 4.69) is 15.2 Å². The molecule has 8 heteroatoms. The third kappa shape index (κ3) is 2.40. The average Bonchev–Trinajstić information content (AvgIpc) is 3.49. The van der Waals surface area contributed by atoms with Crippen molar-refractivity contribution in [2.45, 2.75) is 37.8 Å². The van der Waals surface area contributed by atoms with Crippen LogP contribution in [0.15, 0.2) is 35.2 Å². The van der Waals surface area contributed by atoms with Gasteiger partial charge in [0.05, 0.1) is 29.2 Å². The molecule has 1 N–H and O–H groups in total. The second-order valence-electron chi connectivity index (χ2n) is 7.59. The summed E-state index contributed by atoms with van der Waals surface area (Å²) in [5.41, 5.74) is 3.15. The Balaban J connectivity index is 1.53. The van der Waals surface area contributed by atoms with Crippen LogP contribution in [0.5, 0.6) is 0 Å². The minimum Gasteiger partial charge on any atom is -0.469 e. The number of fused-ring (bicyclic) bond motifs is 3. The lowest BCUT2D eigenvalue weighted by Gasteiger charge is -2.34. The normalized spacial score (nSPS) is 26.1. The quantitative estimate of drug-likeness (QED) is 0.685. The van der Waals surface area contributed by atoms with E-state index >= 15 is 0 Å². The molecule has 2 aromatic heterocycles. The van der Waals surface area contributed by atoms with Crippen LogP contribution >= 0.6 is 11.3 Å². The number of hydrogen-bond donors (Lipinski definition) is 1. The lowest BCUT2D eigenvalue weighted by molar-refractivity contribution is -0.154. The Morgan fingerprint density at radius 1 is 1.36 bits per heavy atom. The van der Waals surface area contributed by atoms with E-state index < -0.39 is 5.41 Å². The predicted molar refractivity (Wildman–Crippen MR) is 104 cm³/mol. The highest BCUT2D eigenvalue weighted by atomic mass is 32.1. The van der Waals surface area contributed by atoms with Crippen molar-refractivity contribution in [3.05, 3.63) is 46.5 Å². The van der Waals surface area contributed by atoms with Gasteiger partial charge in [0, 0.05) is 29.3 Å². The van der Waals surface area contributed by atoms with E-state index in [1.165, 1.54) is 18.4 Å². The highest BCUT2D eigenvalue weighted by molar-refractivity contribution is 7.07. The SMILES string of the molecule is COC(=O)[C@@]1(Cc2cscn2)C[C@H]2CC[C@@H]1N2C(=O)c1n[nH]c2ccccc12. The number of carbonyl (C=O) groups excluding carboxylic acids is 2. The summed E-state index contributed by atoms with van der Waals surface area (Å²) in [4.78, 5) is 32.6. The van der Waals surface area contributed by atoms with Gasteiger partial charge in [0.15, 0.2) is 5.69 Å². The first-order valence-corrected chi connectivity index (χ1v) is 10.3. The Labute approximate surface area is 165 Å². The van der Waals surface area contributed by atoms with Gasteiger partial charge in [0.25, 0.3) is 5.91 Å². The minimum absolute atomic E-state index is 0.0192. The van der Waals surface area contributed by atoms with Crippen LogP contribution in [0.4, 0.5) is 0 Å². The standard InChI is InChI=1S/C20H20N4O3S/c1-27-19(26)20(8-12-10-28-11-21-12)9-13-6-7-16(20)24(13)18(25)17-14-4-2-3-5-15(14)22-23-17/h2-5,10-11,13,16H,6-9H2,1H3,(H,22,23)/t13-,16+,20+/m1/s1. The highest BCUT2D eigenvalue weighted by Crippen LogP contribution is 2.52. The van der Waals surface area contributed by atoms with Crippen molar-refractivity contribution in [3.8, 4) is 0 Å². The van der Waals surface area contributed by atoms with E-state index in [0.717, 1.165) is 29.4 Å². The zero-order valence-electron chi connectivity index (χ0n) is 15.4. The number of para-hydroxylation sites is 1. The molecule has 2 aliphatic heterocycles. The number of nitrogens with zero attached hydrogens (tertiary/aromatic N) is 3. The summed E-state index contributed by atoms with van der Waals surface area (Å²) >= 11 is 1.51. The third-order valence-electron chi connectivity index (χ3n) is 6.22. The first kappa shape index (κ1) is 17.4. The maximum absolute atomic E-state index is 13.5. The molecule has 0 spiro atoms. The fourth-order valence-electron chi connectivity index (χ4n) is 5.07. The topological polar surface area (TPSA) is 88.2 Å². The molecule has 0 radical (unpaired) electrons. The lowest BCUT2D eigenvalue weighted by atomic mass is 9.71. The molecule has 0 unspecified atom stereocenters. The van der Waals surface area contributed by atoms with Gasteiger partial charge in [-0.1, -0.05) is 18.2 Å². The predicted octanol–water partition coefficient (Wildman–Crippen LogP) is 2.80. The average molecular weight is 396 g/mol.